The summed E-state index contributed by atoms with van der Waals surface area (Å²) in [5.74, 6) is 2.89. The Hall–Kier alpha value is -3.07. The molecule has 1 fully saturated rings. The Morgan fingerprint density at radius 2 is 1.85 bits per heavy atom. The molecule has 0 aliphatic carbocycles. The molecule has 1 aromatic carbocycles. The minimum absolute atomic E-state index is 0.0105. The molecule has 1 saturated heterocycles. The van der Waals surface area contributed by atoms with Gasteiger partial charge in [0.15, 0.2) is 10.9 Å². The fraction of sp³-hybridized carbons (Fsp3) is 0.417. The van der Waals surface area contributed by atoms with Crippen LogP contribution >= 0.6 is 11.8 Å². The van der Waals surface area contributed by atoms with Crippen molar-refractivity contribution in [1.82, 2.24) is 14.8 Å². The van der Waals surface area contributed by atoms with E-state index in [2.05, 4.69) is 34.3 Å². The van der Waals surface area contributed by atoms with Crippen molar-refractivity contribution in [2.45, 2.75) is 38.9 Å². The van der Waals surface area contributed by atoms with Crippen molar-refractivity contribution in [2.75, 3.05) is 29.1 Å². The third kappa shape index (κ3) is 5.84. The molecule has 0 saturated carbocycles. The molecule has 4 rings (SSSR count). The molecule has 2 atom stereocenters. The number of nitrogens with one attached hydrogen (secondary N) is 1. The Labute approximate surface area is 197 Å². The Bertz CT molecular complexity index is 1080. The maximum Gasteiger partial charge on any atom is 0.228 e. The highest BCUT2D eigenvalue weighted by atomic mass is 32.2. The van der Waals surface area contributed by atoms with Crippen molar-refractivity contribution < 1.29 is 14.0 Å². The van der Waals surface area contributed by atoms with Crippen LogP contribution in [0.5, 0.6) is 0 Å². The van der Waals surface area contributed by atoms with Crippen molar-refractivity contribution in [3.05, 3.63) is 54.0 Å². The van der Waals surface area contributed by atoms with Gasteiger partial charge < -0.3 is 14.6 Å². The van der Waals surface area contributed by atoms with Crippen LogP contribution in [-0.4, -0.2) is 45.3 Å². The number of amides is 1. The Morgan fingerprint density at radius 3 is 2.48 bits per heavy atom. The summed E-state index contributed by atoms with van der Waals surface area (Å²) in [5.41, 5.74) is 1.26. The quantitative estimate of drug-likeness (QED) is 0.389. The molecule has 9 heteroatoms. The van der Waals surface area contributed by atoms with Gasteiger partial charge in [-0.2, -0.15) is 0 Å². The number of benzene rings is 1. The zero-order chi connectivity index (χ0) is 23.4. The van der Waals surface area contributed by atoms with Gasteiger partial charge in [0.1, 0.15) is 5.76 Å². The van der Waals surface area contributed by atoms with Gasteiger partial charge in [-0.25, -0.2) is 0 Å². The number of Topliss-reactive ketones (excluding diaryl/α,β-unsaturated/α-hetero) is 1. The van der Waals surface area contributed by atoms with Crippen LogP contribution in [0.2, 0.25) is 0 Å². The third-order valence-corrected chi connectivity index (χ3v) is 6.57. The van der Waals surface area contributed by atoms with Gasteiger partial charge in [-0.1, -0.05) is 25.6 Å². The summed E-state index contributed by atoms with van der Waals surface area (Å²) < 4.78 is 7.62. The van der Waals surface area contributed by atoms with Crippen molar-refractivity contribution in [3.63, 3.8) is 0 Å². The number of furan rings is 1. The highest BCUT2D eigenvalue weighted by molar-refractivity contribution is 7.99. The van der Waals surface area contributed by atoms with Crippen molar-refractivity contribution in [2.24, 2.45) is 11.8 Å². The number of anilines is 2. The molecule has 3 aromatic rings. The number of carbonyl (C=O) groups excluding carboxylic acids is 2. The van der Waals surface area contributed by atoms with Crippen LogP contribution < -0.4 is 10.2 Å². The lowest BCUT2D eigenvalue weighted by Gasteiger charge is -2.35. The average Bonchev–Trinajstić information content (AvgIpc) is 3.42. The summed E-state index contributed by atoms with van der Waals surface area (Å²) in [6, 6.07) is 10.7. The van der Waals surface area contributed by atoms with E-state index in [-0.39, 0.29) is 17.4 Å². The molecule has 8 nitrogen and oxygen atoms in total. The van der Waals surface area contributed by atoms with Crippen molar-refractivity contribution in [1.29, 1.82) is 0 Å². The lowest BCUT2D eigenvalue weighted by molar-refractivity contribution is -0.114. The van der Waals surface area contributed by atoms with Crippen LogP contribution in [0.3, 0.4) is 0 Å². The fourth-order valence-electron chi connectivity index (χ4n) is 4.30. The first-order chi connectivity index (χ1) is 15.9. The number of ketones is 1. The second-order valence-corrected chi connectivity index (χ2v) is 9.71. The zero-order valence-electron chi connectivity index (χ0n) is 19.2. The van der Waals surface area contributed by atoms with E-state index in [4.69, 9.17) is 4.42 Å². The minimum atomic E-state index is -0.145. The van der Waals surface area contributed by atoms with Crippen LogP contribution in [0.25, 0.3) is 0 Å². The van der Waals surface area contributed by atoms with Crippen molar-refractivity contribution >= 4 is 35.1 Å². The molecule has 3 heterocycles. The second kappa shape index (κ2) is 10.2. The van der Waals surface area contributed by atoms with Gasteiger partial charge in [-0.15, -0.1) is 10.2 Å². The monoisotopic (exact) mass is 467 g/mol. The Balaban J connectivity index is 1.50. The molecule has 0 spiro atoms. The van der Waals surface area contributed by atoms with Gasteiger partial charge in [0.2, 0.25) is 11.9 Å². The second-order valence-electron chi connectivity index (χ2n) is 8.77. The first kappa shape index (κ1) is 23.1. The Kier molecular flexibility index (Phi) is 7.17. The number of piperidine rings is 1. The largest absolute Gasteiger partial charge is 0.467 e. The molecule has 0 radical (unpaired) electrons. The van der Waals surface area contributed by atoms with Gasteiger partial charge in [0.05, 0.1) is 18.6 Å². The van der Waals surface area contributed by atoms with E-state index < -0.39 is 0 Å². The number of thioether (sulfide) groups is 1. The van der Waals surface area contributed by atoms with Crippen molar-refractivity contribution in [3.8, 4) is 0 Å². The topological polar surface area (TPSA) is 93.3 Å². The SMILES string of the molecule is CC(=O)Nc1ccc(C(=O)CSc2nnc(N3C[C@@H](C)C[C@H](C)C3)n2Cc2ccco2)cc1. The molecule has 1 N–H and O–H groups in total. The molecule has 0 bridgehead atoms. The number of hydrogen-bond donors (Lipinski definition) is 1. The number of carbonyl (C=O) groups is 2. The lowest BCUT2D eigenvalue weighted by atomic mass is 9.92. The number of aromatic nitrogens is 3. The lowest BCUT2D eigenvalue weighted by Crippen LogP contribution is -2.40. The summed E-state index contributed by atoms with van der Waals surface area (Å²) >= 11 is 1.37. The van der Waals surface area contributed by atoms with Gasteiger partial charge in [-0.05, 0) is 54.7 Å². The molecule has 2 aromatic heterocycles. The Morgan fingerprint density at radius 1 is 1.12 bits per heavy atom. The van der Waals surface area contributed by atoms with Gasteiger partial charge in [0.25, 0.3) is 0 Å². The van der Waals surface area contributed by atoms with E-state index in [9.17, 15) is 9.59 Å². The number of rotatable bonds is 8. The fourth-order valence-corrected chi connectivity index (χ4v) is 5.13. The van der Waals surface area contributed by atoms with Gasteiger partial charge in [-0.3, -0.25) is 14.2 Å². The van der Waals surface area contributed by atoms with E-state index >= 15 is 0 Å². The summed E-state index contributed by atoms with van der Waals surface area (Å²) in [6.45, 7) is 8.36. The van der Waals surface area contributed by atoms with Crippen LogP contribution in [0.15, 0.2) is 52.2 Å². The normalized spacial score (nSPS) is 18.3. The molecule has 174 valence electrons. The number of hydrogen-bond acceptors (Lipinski definition) is 7. The molecule has 1 aliphatic heterocycles. The maximum absolute atomic E-state index is 12.8. The smallest absolute Gasteiger partial charge is 0.228 e. The third-order valence-electron chi connectivity index (χ3n) is 5.60. The minimum Gasteiger partial charge on any atom is -0.467 e. The maximum atomic E-state index is 12.8. The van der Waals surface area contributed by atoms with Gasteiger partial charge >= 0.3 is 0 Å². The summed E-state index contributed by atoms with van der Waals surface area (Å²) in [4.78, 5) is 26.3. The molecular formula is C24H29N5O3S. The predicted molar refractivity (Wildman–Crippen MR) is 129 cm³/mol. The standard InChI is InChI=1S/C24H29N5O3S/c1-16-11-17(2)13-28(12-16)23-26-27-24(29(23)14-21-5-4-10-32-21)33-15-22(31)19-6-8-20(9-7-19)25-18(3)30/h4-10,16-17H,11-15H2,1-3H3,(H,25,30)/t16-,17-/m0/s1. The molecule has 33 heavy (non-hydrogen) atoms. The zero-order valence-corrected chi connectivity index (χ0v) is 20.0. The van der Waals surface area contributed by atoms with E-state index in [0.717, 1.165) is 24.8 Å². The van der Waals surface area contributed by atoms with Crippen LogP contribution in [0.4, 0.5) is 11.6 Å². The van der Waals surface area contributed by atoms with E-state index in [1.165, 1.54) is 25.1 Å². The molecule has 1 aliphatic rings. The molecular weight excluding hydrogens is 438 g/mol. The predicted octanol–water partition coefficient (Wildman–Crippen LogP) is 4.34. The summed E-state index contributed by atoms with van der Waals surface area (Å²) in [6.07, 6.45) is 2.87. The van der Waals surface area contributed by atoms with Crippen LogP contribution in [-0.2, 0) is 11.3 Å². The highest BCUT2D eigenvalue weighted by Crippen LogP contribution is 2.29. The molecule has 0 unspecified atom stereocenters. The van der Waals surface area contributed by atoms with E-state index in [1.807, 2.05) is 16.7 Å². The molecule has 1 amide bonds. The average molecular weight is 468 g/mol. The first-order valence-corrected chi connectivity index (χ1v) is 12.1. The summed E-state index contributed by atoms with van der Waals surface area (Å²) in [5, 5.41) is 12.3. The highest BCUT2D eigenvalue weighted by Gasteiger charge is 2.27. The van der Waals surface area contributed by atoms with E-state index in [1.54, 1.807) is 30.5 Å². The first-order valence-electron chi connectivity index (χ1n) is 11.1. The van der Waals surface area contributed by atoms with Crippen LogP contribution in [0, 0.1) is 11.8 Å². The van der Waals surface area contributed by atoms with Gasteiger partial charge in [0, 0.05) is 31.3 Å². The van der Waals surface area contributed by atoms with E-state index in [0.29, 0.717) is 34.8 Å². The number of nitrogens with zero attached hydrogens (tertiary/aromatic N) is 4. The van der Waals surface area contributed by atoms with Crippen LogP contribution in [0.1, 0.15) is 43.3 Å². The summed E-state index contributed by atoms with van der Waals surface area (Å²) in [7, 11) is 0.